The molecule has 0 aromatic heterocycles. The standard InChI is InChI=1S/C15H24O4/c1-5-13(19-15(17)7-3)11-9-8-10-12(4)18-14(16)6-2/h6-7,12-13H,2-3,5,8-11H2,1,4H3. The minimum atomic E-state index is -0.390. The Hall–Kier alpha value is -1.58. The maximum absolute atomic E-state index is 11.1. The van der Waals surface area contributed by atoms with Gasteiger partial charge in [-0.25, -0.2) is 9.59 Å². The highest BCUT2D eigenvalue weighted by Gasteiger charge is 2.11. The summed E-state index contributed by atoms with van der Waals surface area (Å²) in [4.78, 5) is 22.0. The van der Waals surface area contributed by atoms with Gasteiger partial charge in [0.15, 0.2) is 0 Å². The first-order chi connectivity index (χ1) is 9.03. The van der Waals surface area contributed by atoms with Crippen molar-refractivity contribution in [3.8, 4) is 0 Å². The third kappa shape index (κ3) is 9.05. The lowest BCUT2D eigenvalue weighted by Crippen LogP contribution is -2.16. The fourth-order valence-corrected chi connectivity index (χ4v) is 1.67. The molecule has 4 heteroatoms. The van der Waals surface area contributed by atoms with E-state index in [1.807, 2.05) is 13.8 Å². The van der Waals surface area contributed by atoms with Crippen LogP contribution in [0.25, 0.3) is 0 Å². The molecule has 0 aromatic carbocycles. The van der Waals surface area contributed by atoms with Crippen molar-refractivity contribution in [1.29, 1.82) is 0 Å². The Balaban J connectivity index is 3.76. The summed E-state index contributed by atoms with van der Waals surface area (Å²) in [6.45, 7) is 10.6. The molecule has 2 unspecified atom stereocenters. The third-order valence-corrected chi connectivity index (χ3v) is 2.78. The van der Waals surface area contributed by atoms with Crippen molar-refractivity contribution in [1.82, 2.24) is 0 Å². The zero-order valence-corrected chi connectivity index (χ0v) is 11.9. The quantitative estimate of drug-likeness (QED) is 0.347. The number of hydrogen-bond acceptors (Lipinski definition) is 4. The smallest absolute Gasteiger partial charge is 0.330 e. The van der Waals surface area contributed by atoms with E-state index in [1.165, 1.54) is 12.2 Å². The lowest BCUT2D eigenvalue weighted by Gasteiger charge is -2.16. The van der Waals surface area contributed by atoms with E-state index in [1.54, 1.807) is 0 Å². The SMILES string of the molecule is C=CC(=O)OC(C)CCCCC(CC)OC(=O)C=C. The van der Waals surface area contributed by atoms with Gasteiger partial charge in [0.05, 0.1) is 6.10 Å². The van der Waals surface area contributed by atoms with Crippen LogP contribution in [0.1, 0.15) is 46.0 Å². The van der Waals surface area contributed by atoms with E-state index in [0.29, 0.717) is 0 Å². The minimum absolute atomic E-state index is 0.0588. The topological polar surface area (TPSA) is 52.6 Å². The summed E-state index contributed by atoms with van der Waals surface area (Å²) in [5, 5.41) is 0. The highest BCUT2D eigenvalue weighted by molar-refractivity contribution is 5.81. The highest BCUT2D eigenvalue weighted by Crippen LogP contribution is 2.12. The fraction of sp³-hybridized carbons (Fsp3) is 0.600. The molecule has 0 bridgehead atoms. The molecule has 0 saturated carbocycles. The van der Waals surface area contributed by atoms with Crippen molar-refractivity contribution in [2.75, 3.05) is 0 Å². The van der Waals surface area contributed by atoms with Gasteiger partial charge in [-0.05, 0) is 39.0 Å². The molecule has 4 nitrogen and oxygen atoms in total. The van der Waals surface area contributed by atoms with Gasteiger partial charge in [0.2, 0.25) is 0 Å². The molecule has 0 rings (SSSR count). The van der Waals surface area contributed by atoms with Gasteiger partial charge in [-0.2, -0.15) is 0 Å². The minimum Gasteiger partial charge on any atom is -0.460 e. The van der Waals surface area contributed by atoms with Crippen molar-refractivity contribution >= 4 is 11.9 Å². The molecule has 0 N–H and O–H groups in total. The summed E-state index contributed by atoms with van der Waals surface area (Å²) in [6, 6.07) is 0. The number of esters is 2. The van der Waals surface area contributed by atoms with E-state index in [0.717, 1.165) is 32.1 Å². The summed E-state index contributed by atoms with van der Waals surface area (Å²) < 4.78 is 10.2. The maximum Gasteiger partial charge on any atom is 0.330 e. The monoisotopic (exact) mass is 268 g/mol. The molecular formula is C15H24O4. The molecule has 108 valence electrons. The Bertz CT molecular complexity index is 309. The number of unbranched alkanes of at least 4 members (excludes halogenated alkanes) is 1. The Kier molecular flexibility index (Phi) is 9.49. The van der Waals surface area contributed by atoms with E-state index in [2.05, 4.69) is 13.2 Å². The van der Waals surface area contributed by atoms with Gasteiger partial charge in [-0.3, -0.25) is 0 Å². The third-order valence-electron chi connectivity index (χ3n) is 2.78. The molecule has 0 amide bonds. The molecule has 0 saturated heterocycles. The van der Waals surface area contributed by atoms with Crippen LogP contribution < -0.4 is 0 Å². The van der Waals surface area contributed by atoms with Gasteiger partial charge in [0.25, 0.3) is 0 Å². The first-order valence-electron chi connectivity index (χ1n) is 6.69. The fourth-order valence-electron chi connectivity index (χ4n) is 1.67. The molecule has 19 heavy (non-hydrogen) atoms. The zero-order chi connectivity index (χ0) is 14.7. The molecular weight excluding hydrogens is 244 g/mol. The number of carbonyl (C=O) groups is 2. The predicted molar refractivity (Wildman–Crippen MR) is 74.6 cm³/mol. The summed E-state index contributed by atoms with van der Waals surface area (Å²) in [5.41, 5.74) is 0. The van der Waals surface area contributed by atoms with Gasteiger partial charge in [0.1, 0.15) is 6.10 Å². The van der Waals surface area contributed by atoms with Crippen LogP contribution in [0.5, 0.6) is 0 Å². The second kappa shape index (κ2) is 10.4. The molecule has 0 aliphatic heterocycles. The van der Waals surface area contributed by atoms with Crippen LogP contribution in [0.3, 0.4) is 0 Å². The highest BCUT2D eigenvalue weighted by atomic mass is 16.5. The molecule has 0 fully saturated rings. The number of ether oxygens (including phenoxy) is 2. The predicted octanol–water partition coefficient (Wildman–Crippen LogP) is 3.17. The molecule has 0 spiro atoms. The second-order valence-corrected chi connectivity index (χ2v) is 4.41. The van der Waals surface area contributed by atoms with Crippen molar-refractivity contribution in [3.63, 3.8) is 0 Å². The van der Waals surface area contributed by atoms with Crippen LogP contribution in [0.15, 0.2) is 25.3 Å². The van der Waals surface area contributed by atoms with Gasteiger partial charge in [-0.15, -0.1) is 0 Å². The Morgan fingerprint density at radius 1 is 1.05 bits per heavy atom. The van der Waals surface area contributed by atoms with E-state index >= 15 is 0 Å². The van der Waals surface area contributed by atoms with E-state index in [4.69, 9.17) is 9.47 Å². The molecule has 0 aliphatic carbocycles. The number of hydrogen-bond donors (Lipinski definition) is 0. The lowest BCUT2D eigenvalue weighted by molar-refractivity contribution is -0.144. The lowest BCUT2D eigenvalue weighted by atomic mass is 10.1. The summed E-state index contributed by atoms with van der Waals surface area (Å²) in [5.74, 6) is -0.765. The second-order valence-electron chi connectivity index (χ2n) is 4.41. The van der Waals surface area contributed by atoms with Crippen LogP contribution >= 0.6 is 0 Å². The zero-order valence-electron chi connectivity index (χ0n) is 11.9. The Labute approximate surface area is 115 Å². The first kappa shape index (κ1) is 17.4. The van der Waals surface area contributed by atoms with Gasteiger partial charge in [-0.1, -0.05) is 20.1 Å². The van der Waals surface area contributed by atoms with E-state index < -0.39 is 0 Å². The number of carbonyl (C=O) groups excluding carboxylic acids is 2. The maximum atomic E-state index is 11.1. The van der Waals surface area contributed by atoms with Gasteiger partial charge >= 0.3 is 11.9 Å². The van der Waals surface area contributed by atoms with E-state index in [-0.39, 0.29) is 24.1 Å². The molecule has 0 radical (unpaired) electrons. The van der Waals surface area contributed by atoms with Crippen LogP contribution in [0.4, 0.5) is 0 Å². The van der Waals surface area contributed by atoms with Crippen LogP contribution in [-0.4, -0.2) is 24.1 Å². The van der Waals surface area contributed by atoms with Crippen LogP contribution in [0.2, 0.25) is 0 Å². The summed E-state index contributed by atoms with van der Waals surface area (Å²) in [7, 11) is 0. The van der Waals surface area contributed by atoms with Crippen molar-refractivity contribution in [3.05, 3.63) is 25.3 Å². The average molecular weight is 268 g/mol. The van der Waals surface area contributed by atoms with E-state index in [9.17, 15) is 9.59 Å². The normalized spacial score (nSPS) is 13.2. The van der Waals surface area contributed by atoms with Crippen molar-refractivity contribution in [2.45, 2.75) is 58.2 Å². The molecule has 0 heterocycles. The Morgan fingerprint density at radius 2 is 1.58 bits per heavy atom. The van der Waals surface area contributed by atoms with Crippen molar-refractivity contribution < 1.29 is 19.1 Å². The average Bonchev–Trinajstić information content (AvgIpc) is 2.41. The Morgan fingerprint density at radius 3 is 2.11 bits per heavy atom. The molecule has 2 atom stereocenters. The van der Waals surface area contributed by atoms with Gasteiger partial charge in [0, 0.05) is 12.2 Å². The number of rotatable bonds is 10. The first-order valence-corrected chi connectivity index (χ1v) is 6.69. The van der Waals surface area contributed by atoms with Gasteiger partial charge < -0.3 is 9.47 Å². The van der Waals surface area contributed by atoms with Crippen molar-refractivity contribution in [2.24, 2.45) is 0 Å². The summed E-state index contributed by atoms with van der Waals surface area (Å²) in [6.07, 6.45) is 6.44. The summed E-state index contributed by atoms with van der Waals surface area (Å²) >= 11 is 0. The van der Waals surface area contributed by atoms with Crippen LogP contribution in [0, 0.1) is 0 Å². The largest absolute Gasteiger partial charge is 0.460 e. The molecule has 0 aromatic rings. The van der Waals surface area contributed by atoms with Crippen LogP contribution in [-0.2, 0) is 19.1 Å². The molecule has 0 aliphatic rings.